The van der Waals surface area contributed by atoms with Gasteiger partial charge in [0.05, 0.1) is 13.6 Å². The third-order valence-corrected chi connectivity index (χ3v) is 1.58. The van der Waals surface area contributed by atoms with E-state index in [1.807, 2.05) is 6.92 Å². The van der Waals surface area contributed by atoms with Crippen molar-refractivity contribution < 1.29 is 0 Å². The summed E-state index contributed by atoms with van der Waals surface area (Å²) in [6.45, 7) is 2.63. The Bertz CT molecular complexity index is 298. The summed E-state index contributed by atoms with van der Waals surface area (Å²) in [5, 5.41) is 14.8. The highest BCUT2D eigenvalue weighted by atomic mass is 15.6. The first-order valence-corrected chi connectivity index (χ1v) is 4.12. The lowest BCUT2D eigenvalue weighted by Gasteiger charge is -2.07. The number of hydrogen-bond donors (Lipinski definition) is 1. The summed E-state index contributed by atoms with van der Waals surface area (Å²) in [6, 6.07) is 0.286. The fourth-order valence-electron chi connectivity index (χ4n) is 0.909. The maximum atomic E-state index is 5.16. The second kappa shape index (κ2) is 4.58. The monoisotopic (exact) mass is 179 g/mol. The largest absolute Gasteiger partial charge is 0.306 e. The molecule has 0 fully saturated rings. The summed E-state index contributed by atoms with van der Waals surface area (Å²) in [5.41, 5.74) is 0. The first kappa shape index (κ1) is 9.68. The number of nitrogens with zero attached hydrogens (tertiary/aromatic N) is 4. The van der Waals surface area contributed by atoms with Crippen molar-refractivity contribution in [2.75, 3.05) is 0 Å². The number of nitrogens with one attached hydrogen (secondary N) is 1. The van der Waals surface area contributed by atoms with E-state index >= 15 is 0 Å². The molecule has 0 aliphatic rings. The lowest BCUT2D eigenvalue weighted by atomic mass is 10.2. The topological polar surface area (TPSA) is 55.6 Å². The van der Waals surface area contributed by atoms with Crippen LogP contribution in [0, 0.1) is 12.3 Å². The molecule has 0 spiro atoms. The van der Waals surface area contributed by atoms with Crippen LogP contribution >= 0.6 is 0 Å². The predicted octanol–water partition coefficient (Wildman–Crippen LogP) is -0.289. The van der Waals surface area contributed by atoms with Crippen molar-refractivity contribution >= 4 is 0 Å². The highest BCUT2D eigenvalue weighted by molar-refractivity contribution is 4.88. The first-order chi connectivity index (χ1) is 6.22. The fourth-order valence-corrected chi connectivity index (χ4v) is 0.909. The van der Waals surface area contributed by atoms with Crippen LogP contribution in [0.1, 0.15) is 19.2 Å². The molecule has 13 heavy (non-hydrogen) atoms. The molecule has 0 saturated heterocycles. The van der Waals surface area contributed by atoms with Crippen LogP contribution in [0.25, 0.3) is 0 Å². The van der Waals surface area contributed by atoms with Crippen LogP contribution in [-0.2, 0) is 13.6 Å². The molecule has 1 aromatic heterocycles. The Morgan fingerprint density at radius 1 is 1.69 bits per heavy atom. The molecule has 1 rings (SSSR count). The Morgan fingerprint density at radius 3 is 3.00 bits per heavy atom. The van der Waals surface area contributed by atoms with Crippen molar-refractivity contribution in [3.8, 4) is 12.3 Å². The third-order valence-electron chi connectivity index (χ3n) is 1.58. The Kier molecular flexibility index (Phi) is 3.41. The van der Waals surface area contributed by atoms with Crippen LogP contribution in [0.4, 0.5) is 0 Å². The quantitative estimate of drug-likeness (QED) is 0.645. The maximum absolute atomic E-state index is 5.16. The Hall–Kier alpha value is -1.41. The van der Waals surface area contributed by atoms with Crippen LogP contribution in [0.5, 0.6) is 0 Å². The molecule has 1 unspecified atom stereocenters. The van der Waals surface area contributed by atoms with Gasteiger partial charge in [0.1, 0.15) is 0 Å². The van der Waals surface area contributed by atoms with Gasteiger partial charge in [0, 0.05) is 12.5 Å². The molecule has 0 aliphatic heterocycles. The number of aromatic nitrogens is 4. The standard InChI is InChI=1S/C8H13N5/c1-4-5-7(2)9-6-8-10-12-13(3)11-8/h1,7,9H,5-6H2,2-3H3. The smallest absolute Gasteiger partial charge is 0.188 e. The Balaban J connectivity index is 2.31. The number of rotatable bonds is 4. The summed E-state index contributed by atoms with van der Waals surface area (Å²) in [6.07, 6.45) is 5.87. The van der Waals surface area contributed by atoms with Crippen molar-refractivity contribution in [1.29, 1.82) is 0 Å². The summed E-state index contributed by atoms with van der Waals surface area (Å²) in [5.74, 6) is 3.27. The Labute approximate surface area is 77.5 Å². The predicted molar refractivity (Wildman–Crippen MR) is 48.5 cm³/mol. The SMILES string of the molecule is C#CCC(C)NCc1nnn(C)n1. The summed E-state index contributed by atoms with van der Waals surface area (Å²) in [4.78, 5) is 1.43. The van der Waals surface area contributed by atoms with Crippen LogP contribution in [0.2, 0.25) is 0 Å². The fraction of sp³-hybridized carbons (Fsp3) is 0.625. The van der Waals surface area contributed by atoms with Crippen molar-refractivity contribution in [1.82, 2.24) is 25.5 Å². The molecule has 1 N–H and O–H groups in total. The van der Waals surface area contributed by atoms with Gasteiger partial charge in [-0.15, -0.1) is 22.5 Å². The molecule has 1 heterocycles. The average Bonchev–Trinajstić information content (AvgIpc) is 2.49. The molecular weight excluding hydrogens is 166 g/mol. The van der Waals surface area contributed by atoms with E-state index in [0.717, 1.165) is 0 Å². The van der Waals surface area contributed by atoms with Crippen molar-refractivity contribution in [2.24, 2.45) is 7.05 Å². The van der Waals surface area contributed by atoms with E-state index < -0.39 is 0 Å². The van der Waals surface area contributed by atoms with Gasteiger partial charge in [0.25, 0.3) is 0 Å². The van der Waals surface area contributed by atoms with Crippen LogP contribution in [-0.4, -0.2) is 26.2 Å². The first-order valence-electron chi connectivity index (χ1n) is 4.12. The van der Waals surface area contributed by atoms with Gasteiger partial charge in [-0.1, -0.05) is 0 Å². The van der Waals surface area contributed by atoms with Crippen molar-refractivity contribution in [3.05, 3.63) is 5.82 Å². The van der Waals surface area contributed by atoms with Gasteiger partial charge < -0.3 is 5.32 Å². The molecular formula is C8H13N5. The van der Waals surface area contributed by atoms with Crippen molar-refractivity contribution in [3.63, 3.8) is 0 Å². The van der Waals surface area contributed by atoms with E-state index in [1.54, 1.807) is 7.05 Å². The van der Waals surface area contributed by atoms with Crippen LogP contribution in [0.15, 0.2) is 0 Å². The molecule has 70 valence electrons. The minimum atomic E-state index is 0.286. The molecule has 5 nitrogen and oxygen atoms in total. The molecule has 0 aromatic carbocycles. The average molecular weight is 179 g/mol. The molecule has 5 heteroatoms. The van der Waals surface area contributed by atoms with E-state index in [2.05, 4.69) is 26.6 Å². The van der Waals surface area contributed by atoms with Gasteiger partial charge in [-0.25, -0.2) is 0 Å². The molecule has 0 bridgehead atoms. The molecule has 1 atom stereocenters. The minimum Gasteiger partial charge on any atom is -0.306 e. The van der Waals surface area contributed by atoms with E-state index in [-0.39, 0.29) is 6.04 Å². The third kappa shape index (κ3) is 3.22. The lowest BCUT2D eigenvalue weighted by Crippen LogP contribution is -2.25. The van der Waals surface area contributed by atoms with Gasteiger partial charge in [0.15, 0.2) is 5.82 Å². The van der Waals surface area contributed by atoms with Crippen LogP contribution < -0.4 is 5.32 Å². The highest BCUT2D eigenvalue weighted by Crippen LogP contribution is 1.90. The van der Waals surface area contributed by atoms with Gasteiger partial charge in [-0.3, -0.25) is 0 Å². The van der Waals surface area contributed by atoms with E-state index in [9.17, 15) is 0 Å². The normalized spacial score (nSPS) is 12.4. The van der Waals surface area contributed by atoms with Crippen LogP contribution in [0.3, 0.4) is 0 Å². The summed E-state index contributed by atoms with van der Waals surface area (Å²) >= 11 is 0. The maximum Gasteiger partial charge on any atom is 0.188 e. The summed E-state index contributed by atoms with van der Waals surface area (Å²) < 4.78 is 0. The second-order valence-corrected chi connectivity index (χ2v) is 2.89. The van der Waals surface area contributed by atoms with E-state index in [0.29, 0.717) is 18.8 Å². The van der Waals surface area contributed by atoms with Gasteiger partial charge in [-0.2, -0.15) is 4.80 Å². The van der Waals surface area contributed by atoms with Gasteiger partial charge in [0.2, 0.25) is 0 Å². The molecule has 0 saturated carbocycles. The number of terminal acetylenes is 1. The zero-order valence-corrected chi connectivity index (χ0v) is 7.86. The number of tetrazole rings is 1. The molecule has 0 amide bonds. The number of hydrogen-bond acceptors (Lipinski definition) is 4. The molecule has 0 aliphatic carbocycles. The second-order valence-electron chi connectivity index (χ2n) is 2.89. The number of aryl methyl sites for hydroxylation is 1. The highest BCUT2D eigenvalue weighted by Gasteiger charge is 2.02. The zero-order valence-electron chi connectivity index (χ0n) is 7.86. The van der Waals surface area contributed by atoms with E-state index in [1.165, 1.54) is 4.80 Å². The van der Waals surface area contributed by atoms with E-state index in [4.69, 9.17) is 6.42 Å². The Morgan fingerprint density at radius 2 is 2.46 bits per heavy atom. The zero-order chi connectivity index (χ0) is 9.68. The van der Waals surface area contributed by atoms with Gasteiger partial charge in [-0.05, 0) is 12.1 Å². The van der Waals surface area contributed by atoms with Gasteiger partial charge >= 0.3 is 0 Å². The van der Waals surface area contributed by atoms with Crippen molar-refractivity contribution in [2.45, 2.75) is 25.9 Å². The minimum absolute atomic E-state index is 0.286. The molecule has 0 radical (unpaired) electrons. The lowest BCUT2D eigenvalue weighted by molar-refractivity contribution is 0.543. The summed E-state index contributed by atoms with van der Waals surface area (Å²) in [7, 11) is 1.74. The molecule has 1 aromatic rings.